The lowest BCUT2D eigenvalue weighted by atomic mass is 10.00. The van der Waals surface area contributed by atoms with Crippen LogP contribution in [-0.2, 0) is 50.2 Å². The van der Waals surface area contributed by atoms with Gasteiger partial charge in [-0.05, 0) is 22.3 Å². The average molecular weight is 566 g/mol. The molecule has 4 aromatic carbocycles. The molecule has 0 N–H and O–H groups in total. The van der Waals surface area contributed by atoms with Gasteiger partial charge in [-0.25, -0.2) is 0 Å². The van der Waals surface area contributed by atoms with Gasteiger partial charge in [-0.15, -0.1) is 0 Å². The molecule has 6 nitrogen and oxygen atoms in total. The van der Waals surface area contributed by atoms with E-state index in [1.807, 2.05) is 72.8 Å². The van der Waals surface area contributed by atoms with Crippen molar-refractivity contribution < 1.29 is 23.8 Å². The highest BCUT2D eigenvalue weighted by molar-refractivity contribution is 5.17. The second-order valence-electron chi connectivity index (χ2n) is 10.9. The Hall–Kier alpha value is -3.36. The van der Waals surface area contributed by atoms with Gasteiger partial charge in [0.05, 0.1) is 57.8 Å². The first-order valence-corrected chi connectivity index (χ1v) is 14.8. The Kier molecular flexibility index (Phi) is 10.1. The number of benzene rings is 4. The summed E-state index contributed by atoms with van der Waals surface area (Å²) in [6.07, 6.45) is 0.139. The second-order valence-corrected chi connectivity index (χ2v) is 10.9. The molecule has 4 aromatic rings. The van der Waals surface area contributed by atoms with E-state index >= 15 is 0 Å². The SMILES string of the molecule is c1ccc(COC[C@@H]2[C@@H](OCc3ccccc3)[C@H](OCc3ccccc3)[C@H]3[C@@H](OCc4ccccc4)CCON32)cc1. The number of hydroxylamine groups is 2. The van der Waals surface area contributed by atoms with E-state index in [9.17, 15) is 0 Å². The van der Waals surface area contributed by atoms with Gasteiger partial charge in [-0.1, -0.05) is 121 Å². The van der Waals surface area contributed by atoms with Crippen LogP contribution in [0.15, 0.2) is 121 Å². The molecular formula is C36H39NO5. The van der Waals surface area contributed by atoms with Crippen LogP contribution < -0.4 is 0 Å². The molecule has 2 saturated heterocycles. The third kappa shape index (κ3) is 7.34. The average Bonchev–Trinajstić information content (AvgIpc) is 3.36. The third-order valence-electron chi connectivity index (χ3n) is 7.96. The Balaban J connectivity index is 1.25. The first kappa shape index (κ1) is 28.7. The van der Waals surface area contributed by atoms with Gasteiger partial charge in [0.15, 0.2) is 0 Å². The molecule has 2 fully saturated rings. The van der Waals surface area contributed by atoms with Crippen LogP contribution in [0, 0.1) is 0 Å². The van der Waals surface area contributed by atoms with E-state index in [0.29, 0.717) is 39.6 Å². The summed E-state index contributed by atoms with van der Waals surface area (Å²) < 4.78 is 26.4. The summed E-state index contributed by atoms with van der Waals surface area (Å²) in [4.78, 5) is 6.38. The summed E-state index contributed by atoms with van der Waals surface area (Å²) in [5.41, 5.74) is 4.52. The summed E-state index contributed by atoms with van der Waals surface area (Å²) in [5, 5.41) is 2.06. The maximum Gasteiger partial charge on any atom is 0.106 e. The van der Waals surface area contributed by atoms with Crippen LogP contribution in [0.25, 0.3) is 0 Å². The monoisotopic (exact) mass is 565 g/mol. The molecule has 6 heteroatoms. The molecule has 2 aliphatic heterocycles. The Bertz CT molecular complexity index is 1320. The Morgan fingerprint density at radius 3 is 1.52 bits per heavy atom. The maximum absolute atomic E-state index is 6.75. The largest absolute Gasteiger partial charge is 0.375 e. The molecule has 0 amide bonds. The van der Waals surface area contributed by atoms with Gasteiger partial charge in [-0.2, -0.15) is 5.06 Å². The molecule has 0 aliphatic carbocycles. The van der Waals surface area contributed by atoms with Gasteiger partial charge in [0.1, 0.15) is 12.2 Å². The fourth-order valence-electron chi connectivity index (χ4n) is 5.86. The normalized spacial score (nSPS) is 24.0. The molecule has 2 aliphatic rings. The minimum atomic E-state index is -0.282. The zero-order valence-electron chi connectivity index (χ0n) is 23.9. The number of hydrogen-bond acceptors (Lipinski definition) is 6. The Labute approximate surface area is 248 Å². The topological polar surface area (TPSA) is 49.4 Å². The standard InChI is InChI=1S/C36H39NO5/c1-5-13-28(14-6-1)23-38-27-32-35(40-25-30-17-9-3-10-18-30)36(41-26-31-19-11-4-12-20-31)34-33(21-22-42-37(32)34)39-24-29-15-7-2-8-16-29/h1-20,32-36H,21-27H2/t32-,33+,34-,35-,36-/m1/s1. The van der Waals surface area contributed by atoms with E-state index in [0.717, 1.165) is 28.7 Å². The summed E-state index contributed by atoms with van der Waals surface area (Å²) in [6, 6.07) is 40.8. The Morgan fingerprint density at radius 2 is 1.00 bits per heavy atom. The van der Waals surface area contributed by atoms with Crippen LogP contribution in [0.3, 0.4) is 0 Å². The van der Waals surface area contributed by atoms with Gasteiger partial charge in [0.2, 0.25) is 0 Å². The smallest absolute Gasteiger partial charge is 0.106 e. The molecule has 0 spiro atoms. The number of hydrogen-bond donors (Lipinski definition) is 0. The Morgan fingerprint density at radius 1 is 0.548 bits per heavy atom. The number of ether oxygens (including phenoxy) is 4. The minimum absolute atomic E-state index is 0.0818. The highest BCUT2D eigenvalue weighted by Crippen LogP contribution is 2.38. The molecule has 0 aromatic heterocycles. The van der Waals surface area contributed by atoms with E-state index in [2.05, 4.69) is 53.6 Å². The quantitative estimate of drug-likeness (QED) is 0.188. The molecule has 0 unspecified atom stereocenters. The van der Waals surface area contributed by atoms with Crippen molar-refractivity contribution in [2.24, 2.45) is 0 Å². The van der Waals surface area contributed by atoms with Crippen LogP contribution in [0.4, 0.5) is 0 Å². The van der Waals surface area contributed by atoms with Crippen molar-refractivity contribution in [1.29, 1.82) is 0 Å². The van der Waals surface area contributed by atoms with E-state index in [4.69, 9.17) is 23.8 Å². The molecule has 42 heavy (non-hydrogen) atoms. The predicted octanol–water partition coefficient (Wildman–Crippen LogP) is 6.35. The van der Waals surface area contributed by atoms with Crippen molar-refractivity contribution in [2.75, 3.05) is 13.2 Å². The molecular weight excluding hydrogens is 526 g/mol. The zero-order chi connectivity index (χ0) is 28.4. The fraction of sp³-hybridized carbons (Fsp3) is 0.333. The van der Waals surface area contributed by atoms with Crippen LogP contribution in [0.1, 0.15) is 28.7 Å². The van der Waals surface area contributed by atoms with E-state index < -0.39 is 0 Å². The molecule has 218 valence electrons. The predicted molar refractivity (Wildman–Crippen MR) is 161 cm³/mol. The minimum Gasteiger partial charge on any atom is -0.375 e. The fourth-order valence-corrected chi connectivity index (χ4v) is 5.86. The highest BCUT2D eigenvalue weighted by Gasteiger charge is 2.56. The lowest BCUT2D eigenvalue weighted by Gasteiger charge is -2.39. The van der Waals surface area contributed by atoms with Gasteiger partial charge >= 0.3 is 0 Å². The summed E-state index contributed by atoms with van der Waals surface area (Å²) in [7, 11) is 0. The molecule has 0 radical (unpaired) electrons. The summed E-state index contributed by atoms with van der Waals surface area (Å²) >= 11 is 0. The van der Waals surface area contributed by atoms with Crippen molar-refractivity contribution in [3.63, 3.8) is 0 Å². The van der Waals surface area contributed by atoms with Gasteiger partial charge < -0.3 is 18.9 Å². The van der Waals surface area contributed by atoms with Crippen LogP contribution in [0.5, 0.6) is 0 Å². The van der Waals surface area contributed by atoms with Crippen molar-refractivity contribution in [2.45, 2.75) is 63.2 Å². The molecule has 5 atom stereocenters. The number of fused-ring (bicyclic) bond motifs is 1. The summed E-state index contributed by atoms with van der Waals surface area (Å²) in [5.74, 6) is 0. The second kappa shape index (κ2) is 14.7. The van der Waals surface area contributed by atoms with Crippen molar-refractivity contribution in [1.82, 2.24) is 5.06 Å². The van der Waals surface area contributed by atoms with Gasteiger partial charge in [-0.3, -0.25) is 4.84 Å². The van der Waals surface area contributed by atoms with Crippen molar-refractivity contribution in [3.8, 4) is 0 Å². The highest BCUT2D eigenvalue weighted by atomic mass is 16.7. The van der Waals surface area contributed by atoms with E-state index in [1.165, 1.54) is 0 Å². The molecule has 0 bridgehead atoms. The van der Waals surface area contributed by atoms with Crippen molar-refractivity contribution >= 4 is 0 Å². The van der Waals surface area contributed by atoms with E-state index in [-0.39, 0.29) is 30.4 Å². The molecule has 2 heterocycles. The molecule has 6 rings (SSSR count). The van der Waals surface area contributed by atoms with Gasteiger partial charge in [0.25, 0.3) is 0 Å². The summed E-state index contributed by atoms with van der Waals surface area (Å²) in [6.45, 7) is 3.02. The van der Waals surface area contributed by atoms with Gasteiger partial charge in [0, 0.05) is 6.42 Å². The van der Waals surface area contributed by atoms with Crippen molar-refractivity contribution in [3.05, 3.63) is 144 Å². The maximum atomic E-state index is 6.75. The lowest BCUT2D eigenvalue weighted by molar-refractivity contribution is -0.265. The number of nitrogens with zero attached hydrogens (tertiary/aromatic N) is 1. The zero-order valence-corrected chi connectivity index (χ0v) is 23.9. The third-order valence-corrected chi connectivity index (χ3v) is 7.96. The van der Waals surface area contributed by atoms with E-state index in [1.54, 1.807) is 0 Å². The first-order valence-electron chi connectivity index (χ1n) is 14.8. The lowest BCUT2D eigenvalue weighted by Crippen LogP contribution is -2.53. The van der Waals surface area contributed by atoms with Crippen LogP contribution in [0.2, 0.25) is 0 Å². The van der Waals surface area contributed by atoms with Crippen LogP contribution >= 0.6 is 0 Å². The van der Waals surface area contributed by atoms with Crippen LogP contribution in [-0.4, -0.2) is 48.7 Å². The number of rotatable bonds is 13. The first-order chi connectivity index (χ1) is 20.8. The molecule has 0 saturated carbocycles.